The lowest BCUT2D eigenvalue weighted by atomic mass is 9.80. The number of amides is 2. The Labute approximate surface area is 258 Å². The first-order valence-corrected chi connectivity index (χ1v) is 16.2. The first-order valence-electron chi connectivity index (χ1n) is 14.6. The number of benzene rings is 2. The van der Waals surface area contributed by atoms with E-state index in [-0.39, 0.29) is 18.2 Å². The molecule has 4 aromatic rings. The van der Waals surface area contributed by atoms with Gasteiger partial charge in [-0.05, 0) is 67.0 Å². The van der Waals surface area contributed by atoms with Gasteiger partial charge in [-0.3, -0.25) is 9.59 Å². The summed E-state index contributed by atoms with van der Waals surface area (Å²) in [5.74, 6) is 0.464. The van der Waals surface area contributed by atoms with Gasteiger partial charge in [0.15, 0.2) is 0 Å². The second-order valence-electron chi connectivity index (χ2n) is 11.2. The zero-order valence-corrected chi connectivity index (χ0v) is 25.3. The Morgan fingerprint density at radius 3 is 2.35 bits per heavy atom. The first-order chi connectivity index (χ1) is 21.0. The highest BCUT2D eigenvalue weighted by Gasteiger charge is 2.27. The molecule has 6 rings (SSSR count). The topological polar surface area (TPSA) is 137 Å². The summed E-state index contributed by atoms with van der Waals surface area (Å²) < 4.78 is 0. The number of hydrogen-bond donors (Lipinski definition) is 2. The third-order valence-corrected chi connectivity index (χ3v) is 9.77. The molecule has 2 aromatic heterocycles. The van der Waals surface area contributed by atoms with Crippen molar-refractivity contribution in [2.45, 2.75) is 57.3 Å². The molecule has 43 heavy (non-hydrogen) atoms. The third-order valence-electron chi connectivity index (χ3n) is 7.91. The number of nitrogens with zero attached hydrogens (tertiary/aromatic N) is 6. The predicted octanol–water partition coefficient (Wildman–Crippen LogP) is 5.35. The zero-order chi connectivity index (χ0) is 29.6. The number of nitrogens with one attached hydrogen (secondary N) is 2. The van der Waals surface area contributed by atoms with E-state index in [0.29, 0.717) is 34.1 Å². The third kappa shape index (κ3) is 7.60. The van der Waals surface area contributed by atoms with Crippen molar-refractivity contribution in [3.05, 3.63) is 75.2 Å². The van der Waals surface area contributed by atoms with Gasteiger partial charge in [-0.25, -0.2) is 0 Å². The summed E-state index contributed by atoms with van der Waals surface area (Å²) in [4.78, 5) is 27.6. The molecule has 2 aliphatic rings. The number of hydrogen-bond acceptors (Lipinski definition) is 10. The molecule has 10 nitrogen and oxygen atoms in total. The van der Waals surface area contributed by atoms with Gasteiger partial charge in [0.1, 0.15) is 10.0 Å². The van der Waals surface area contributed by atoms with Crippen LogP contribution in [-0.4, -0.2) is 45.3 Å². The van der Waals surface area contributed by atoms with E-state index >= 15 is 0 Å². The average Bonchev–Trinajstić information content (AvgIpc) is 3.62. The number of rotatable bonds is 10. The van der Waals surface area contributed by atoms with E-state index in [9.17, 15) is 9.59 Å². The largest absolute Gasteiger partial charge is 0.371 e. The minimum atomic E-state index is -0.185. The van der Waals surface area contributed by atoms with Crippen molar-refractivity contribution in [2.75, 3.05) is 28.6 Å². The zero-order valence-electron chi connectivity index (χ0n) is 23.7. The summed E-state index contributed by atoms with van der Waals surface area (Å²) in [5, 5.41) is 35.0. The fourth-order valence-electron chi connectivity index (χ4n) is 5.67. The summed E-state index contributed by atoms with van der Waals surface area (Å²) in [6.45, 7) is 2.15. The highest BCUT2D eigenvalue weighted by molar-refractivity contribution is 7.15. The van der Waals surface area contributed by atoms with E-state index in [1.165, 1.54) is 34.8 Å². The van der Waals surface area contributed by atoms with Gasteiger partial charge >= 0.3 is 0 Å². The molecule has 1 aliphatic heterocycles. The minimum absolute atomic E-state index is 0.0835. The van der Waals surface area contributed by atoms with Crippen molar-refractivity contribution < 1.29 is 9.59 Å². The SMILES string of the molecule is N#Cc1cccc(CC(=O)Nc2nnc(CC3CCCC(c4nnc(NC(=O)Cc5cccc(N6CCC6)c5)s4)C3)s2)c1. The number of nitriles is 1. The Morgan fingerprint density at radius 2 is 1.60 bits per heavy atom. The number of carbonyl (C=O) groups is 2. The molecule has 2 atom stereocenters. The first kappa shape index (κ1) is 28.9. The van der Waals surface area contributed by atoms with Crippen LogP contribution in [0.3, 0.4) is 0 Å². The molecular weight excluding hydrogens is 581 g/mol. The molecule has 2 fully saturated rings. The van der Waals surface area contributed by atoms with Crippen LogP contribution in [0.2, 0.25) is 0 Å². The number of carbonyl (C=O) groups excluding carboxylic acids is 2. The van der Waals surface area contributed by atoms with Crippen molar-refractivity contribution in [2.24, 2.45) is 5.92 Å². The van der Waals surface area contributed by atoms with Crippen molar-refractivity contribution in [1.82, 2.24) is 20.4 Å². The van der Waals surface area contributed by atoms with E-state index < -0.39 is 0 Å². The van der Waals surface area contributed by atoms with E-state index in [1.54, 1.807) is 18.2 Å². The van der Waals surface area contributed by atoms with Crippen LogP contribution in [-0.2, 0) is 28.9 Å². The molecule has 220 valence electrons. The summed E-state index contributed by atoms with van der Waals surface area (Å²) in [5.41, 5.74) is 3.48. The predicted molar refractivity (Wildman–Crippen MR) is 167 cm³/mol. The Bertz CT molecular complexity index is 1640. The minimum Gasteiger partial charge on any atom is -0.371 e. The Kier molecular flexibility index (Phi) is 9.00. The Balaban J connectivity index is 0.983. The van der Waals surface area contributed by atoms with Crippen LogP contribution in [0.4, 0.5) is 16.0 Å². The standard InChI is InChI=1S/C31H32N8O2S2/c32-19-23-8-1-5-20(13-23)16-26(40)33-30-37-35-28(42-30)18-21-6-2-9-24(14-21)29-36-38-31(43-29)34-27(41)17-22-7-3-10-25(15-22)39-11-4-12-39/h1,3,5,7-8,10,13,15,21,24H,2,4,6,9,11-12,14,16-18H2,(H,33,37,40)(H,34,38,41). The molecule has 1 saturated heterocycles. The van der Waals surface area contributed by atoms with Crippen molar-refractivity contribution in [1.29, 1.82) is 5.26 Å². The quantitative estimate of drug-likeness (QED) is 0.245. The van der Waals surface area contributed by atoms with Crippen LogP contribution < -0.4 is 15.5 Å². The van der Waals surface area contributed by atoms with Gasteiger partial charge in [0.05, 0.1) is 24.5 Å². The molecule has 2 unspecified atom stereocenters. The molecule has 1 saturated carbocycles. The van der Waals surface area contributed by atoms with Crippen LogP contribution >= 0.6 is 22.7 Å². The fraction of sp³-hybridized carbons (Fsp3) is 0.387. The van der Waals surface area contributed by atoms with Gasteiger partial charge in [0, 0.05) is 31.1 Å². The Morgan fingerprint density at radius 1 is 0.884 bits per heavy atom. The molecule has 12 heteroatoms. The maximum atomic E-state index is 12.7. The summed E-state index contributed by atoms with van der Waals surface area (Å²) in [7, 11) is 0. The number of anilines is 3. The van der Waals surface area contributed by atoms with Gasteiger partial charge < -0.3 is 15.5 Å². The number of aromatic nitrogens is 4. The molecule has 0 spiro atoms. The average molecular weight is 613 g/mol. The van der Waals surface area contributed by atoms with Crippen LogP contribution in [0.15, 0.2) is 48.5 Å². The molecule has 0 radical (unpaired) electrons. The fourth-order valence-corrected chi connectivity index (χ4v) is 7.45. The van der Waals surface area contributed by atoms with Crippen LogP contribution in [0.1, 0.15) is 64.7 Å². The van der Waals surface area contributed by atoms with Crippen LogP contribution in [0, 0.1) is 17.2 Å². The molecule has 1 aliphatic carbocycles. The van der Waals surface area contributed by atoms with Gasteiger partial charge in [-0.15, -0.1) is 20.4 Å². The maximum Gasteiger partial charge on any atom is 0.230 e. The second-order valence-corrected chi connectivity index (χ2v) is 13.2. The van der Waals surface area contributed by atoms with E-state index in [4.69, 9.17) is 5.26 Å². The van der Waals surface area contributed by atoms with E-state index in [0.717, 1.165) is 66.3 Å². The highest BCUT2D eigenvalue weighted by atomic mass is 32.1. The van der Waals surface area contributed by atoms with Gasteiger partial charge in [-0.2, -0.15) is 5.26 Å². The van der Waals surface area contributed by atoms with Crippen molar-refractivity contribution in [3.8, 4) is 6.07 Å². The van der Waals surface area contributed by atoms with Crippen molar-refractivity contribution >= 4 is 50.4 Å². The lowest BCUT2D eigenvalue weighted by Gasteiger charge is -2.33. The van der Waals surface area contributed by atoms with E-state index in [2.05, 4.69) is 54.1 Å². The van der Waals surface area contributed by atoms with Gasteiger partial charge in [0.2, 0.25) is 22.1 Å². The Hall–Kier alpha value is -4.21. The lowest BCUT2D eigenvalue weighted by molar-refractivity contribution is -0.116. The van der Waals surface area contributed by atoms with Gasteiger partial charge in [-0.1, -0.05) is 53.4 Å². The van der Waals surface area contributed by atoms with Crippen LogP contribution in [0.25, 0.3) is 0 Å². The lowest BCUT2D eigenvalue weighted by Crippen LogP contribution is -2.36. The van der Waals surface area contributed by atoms with Crippen LogP contribution in [0.5, 0.6) is 0 Å². The van der Waals surface area contributed by atoms with E-state index in [1.807, 2.05) is 18.2 Å². The molecule has 2 amide bonds. The second kappa shape index (κ2) is 13.4. The molecule has 2 aromatic carbocycles. The highest BCUT2D eigenvalue weighted by Crippen LogP contribution is 2.39. The molecular formula is C31H32N8O2S2. The molecule has 3 heterocycles. The van der Waals surface area contributed by atoms with Crippen molar-refractivity contribution in [3.63, 3.8) is 0 Å². The molecule has 2 N–H and O–H groups in total. The monoisotopic (exact) mass is 612 g/mol. The van der Waals surface area contributed by atoms with Gasteiger partial charge in [0.25, 0.3) is 0 Å². The smallest absolute Gasteiger partial charge is 0.230 e. The normalized spacial score (nSPS) is 18.0. The summed E-state index contributed by atoms with van der Waals surface area (Å²) >= 11 is 2.87. The maximum absolute atomic E-state index is 12.7. The summed E-state index contributed by atoms with van der Waals surface area (Å²) in [6, 6.07) is 17.3. The molecule has 0 bridgehead atoms. The summed E-state index contributed by atoms with van der Waals surface area (Å²) in [6.07, 6.45) is 6.71.